The normalized spacial score (nSPS) is 11.1. The molecule has 2 radical (unpaired) electrons. The van der Waals surface area contributed by atoms with Gasteiger partial charge in [0.2, 0.25) is 0 Å². The van der Waals surface area contributed by atoms with E-state index in [0.29, 0.717) is 5.92 Å². The lowest BCUT2D eigenvalue weighted by atomic mass is 9.90. The summed E-state index contributed by atoms with van der Waals surface area (Å²) in [6.45, 7) is 2.26. The van der Waals surface area contributed by atoms with Gasteiger partial charge in [0.15, 0.2) is 0 Å². The zero-order valence-corrected chi connectivity index (χ0v) is 12.7. The molecule has 96 valence electrons. The Labute approximate surface area is 121 Å². The molecule has 0 saturated heterocycles. The van der Waals surface area contributed by atoms with Gasteiger partial charge in [-0.3, -0.25) is 0 Å². The van der Waals surface area contributed by atoms with Gasteiger partial charge in [-0.05, 0) is 36.1 Å². The molecular formula is C17H21BP+. The molecule has 0 aromatic heterocycles. The summed E-state index contributed by atoms with van der Waals surface area (Å²) in [7, 11) is 6.33. The van der Waals surface area contributed by atoms with Crippen LogP contribution < -0.4 is 0 Å². The van der Waals surface area contributed by atoms with Crippen LogP contribution in [0.4, 0.5) is 0 Å². The first-order valence-electron chi connectivity index (χ1n) is 6.66. The van der Waals surface area contributed by atoms with Crippen molar-refractivity contribution in [3.63, 3.8) is 0 Å². The van der Waals surface area contributed by atoms with E-state index in [2.05, 4.69) is 81.6 Å². The van der Waals surface area contributed by atoms with Crippen LogP contribution in [0.1, 0.15) is 36.8 Å². The summed E-state index contributed by atoms with van der Waals surface area (Å²) in [5, 5.41) is 0. The van der Waals surface area contributed by atoms with E-state index in [1.165, 1.54) is 17.5 Å². The predicted molar refractivity (Wildman–Crippen MR) is 89.4 cm³/mol. The molecule has 0 amide bonds. The lowest BCUT2D eigenvalue weighted by molar-refractivity contribution is 0.657. The molecule has 2 heteroatoms. The van der Waals surface area contributed by atoms with Gasteiger partial charge < -0.3 is 0 Å². The largest absolute Gasteiger partial charge is 0.187 e. The standard InChI is InChI=1S/C17H19.BH2P/c1-2-16(17-11-7-4-8-12-17)14-13-15-9-5-3-6-10-15;1-2/h3-13,16H,2,14H2,1H3;2H2/q+1;. The van der Waals surface area contributed by atoms with Crippen molar-refractivity contribution in [2.75, 3.05) is 0 Å². The summed E-state index contributed by atoms with van der Waals surface area (Å²) in [4.78, 5) is 0. The second kappa shape index (κ2) is 9.70. The number of hydrogen-bond acceptors (Lipinski definition) is 0. The fourth-order valence-electron chi connectivity index (χ4n) is 2.13. The minimum absolute atomic E-state index is 0.636. The van der Waals surface area contributed by atoms with Gasteiger partial charge in [-0.15, -0.1) is 0 Å². The fourth-order valence-corrected chi connectivity index (χ4v) is 2.13. The summed E-state index contributed by atoms with van der Waals surface area (Å²) < 4.78 is 0. The zero-order chi connectivity index (χ0) is 13.9. The minimum atomic E-state index is 0.636. The van der Waals surface area contributed by atoms with Crippen LogP contribution in [0.2, 0.25) is 0 Å². The van der Waals surface area contributed by atoms with Crippen LogP contribution in [0.5, 0.6) is 0 Å². The van der Waals surface area contributed by atoms with E-state index < -0.39 is 0 Å². The fraction of sp³-hybridized carbons (Fsp3) is 0.235. The molecule has 19 heavy (non-hydrogen) atoms. The van der Waals surface area contributed by atoms with Crippen molar-refractivity contribution in [1.82, 2.24) is 0 Å². The van der Waals surface area contributed by atoms with E-state index >= 15 is 0 Å². The van der Waals surface area contributed by atoms with Gasteiger partial charge in [0.05, 0.1) is 7.57 Å². The van der Waals surface area contributed by atoms with E-state index in [-0.39, 0.29) is 0 Å². The third-order valence-corrected chi connectivity index (χ3v) is 3.20. The van der Waals surface area contributed by atoms with E-state index in [4.69, 9.17) is 0 Å². The molecule has 2 unspecified atom stereocenters. The number of benzene rings is 2. The maximum atomic E-state index is 4.42. The minimum Gasteiger partial charge on any atom is -0.187 e. The van der Waals surface area contributed by atoms with Gasteiger partial charge in [0, 0.05) is 25.0 Å². The Morgan fingerprint density at radius 3 is 2.00 bits per heavy atom. The molecule has 2 rings (SSSR count). The number of hydrogen-bond donors (Lipinski definition) is 0. The Balaban J connectivity index is 0.000000861. The smallest absolute Gasteiger partial charge is 0.129 e. The van der Waals surface area contributed by atoms with Crippen molar-refractivity contribution in [2.24, 2.45) is 0 Å². The average Bonchev–Trinajstić information content (AvgIpc) is 2.52. The average molecular weight is 267 g/mol. The zero-order valence-electron chi connectivity index (χ0n) is 11.5. The van der Waals surface area contributed by atoms with Crippen molar-refractivity contribution in [1.29, 1.82) is 0 Å². The van der Waals surface area contributed by atoms with Crippen LogP contribution >= 0.6 is 9.12 Å². The number of rotatable bonds is 5. The van der Waals surface area contributed by atoms with E-state index in [9.17, 15) is 0 Å². The summed E-state index contributed by atoms with van der Waals surface area (Å²) in [6.07, 6.45) is 4.64. The predicted octanol–water partition coefficient (Wildman–Crippen LogP) is 4.77. The summed E-state index contributed by atoms with van der Waals surface area (Å²) in [5.74, 6) is 0.636. The second-order valence-corrected chi connectivity index (χ2v) is 4.37. The molecule has 2 atom stereocenters. The lowest BCUT2D eigenvalue weighted by Crippen LogP contribution is -1.98. The third-order valence-electron chi connectivity index (χ3n) is 3.20. The lowest BCUT2D eigenvalue weighted by Gasteiger charge is -2.12. The van der Waals surface area contributed by atoms with Crippen molar-refractivity contribution in [3.8, 4) is 0 Å². The molecule has 2 aromatic rings. The summed E-state index contributed by atoms with van der Waals surface area (Å²) >= 11 is 0. The van der Waals surface area contributed by atoms with E-state index in [1.54, 1.807) is 0 Å². The molecule has 0 N–H and O–H groups in total. The van der Waals surface area contributed by atoms with Crippen molar-refractivity contribution < 1.29 is 0 Å². The summed E-state index contributed by atoms with van der Waals surface area (Å²) in [5.41, 5.74) is 2.77. The third kappa shape index (κ3) is 5.53. The SMILES string of the molecule is CCC(C[CH+]c1ccccc1)c1ccccc1.[B]P. The Bertz CT molecular complexity index is 428. The van der Waals surface area contributed by atoms with Crippen LogP contribution in [-0.4, -0.2) is 7.57 Å². The molecule has 0 aliphatic heterocycles. The Morgan fingerprint density at radius 2 is 1.47 bits per heavy atom. The maximum Gasteiger partial charge on any atom is 0.129 e. The van der Waals surface area contributed by atoms with Gasteiger partial charge in [-0.25, -0.2) is 0 Å². The summed E-state index contributed by atoms with van der Waals surface area (Å²) in [6, 6.07) is 21.4. The van der Waals surface area contributed by atoms with E-state index in [0.717, 1.165) is 6.42 Å². The quantitative estimate of drug-likeness (QED) is 0.416. The molecule has 0 fully saturated rings. The highest BCUT2D eigenvalue weighted by atomic mass is 31.0. The highest BCUT2D eigenvalue weighted by molar-refractivity contribution is 7.49. The van der Waals surface area contributed by atoms with Gasteiger partial charge in [-0.1, -0.05) is 37.3 Å². The topological polar surface area (TPSA) is 0 Å². The first-order valence-corrected chi connectivity index (χ1v) is 7.33. The Hall–Kier alpha value is -1.20. The molecular weight excluding hydrogens is 246 g/mol. The van der Waals surface area contributed by atoms with E-state index in [1.807, 2.05) is 9.12 Å². The molecule has 0 saturated carbocycles. The van der Waals surface area contributed by atoms with Crippen LogP contribution in [0.25, 0.3) is 0 Å². The van der Waals surface area contributed by atoms with Crippen LogP contribution in [0, 0.1) is 6.42 Å². The molecule has 0 spiro atoms. The highest BCUT2D eigenvalue weighted by Crippen LogP contribution is 2.25. The Kier molecular flexibility index (Phi) is 8.10. The first kappa shape index (κ1) is 15.9. The van der Waals surface area contributed by atoms with Crippen LogP contribution in [-0.2, 0) is 0 Å². The van der Waals surface area contributed by atoms with Gasteiger partial charge in [0.1, 0.15) is 5.56 Å². The van der Waals surface area contributed by atoms with Crippen molar-refractivity contribution in [3.05, 3.63) is 78.2 Å². The van der Waals surface area contributed by atoms with Gasteiger partial charge in [-0.2, -0.15) is 9.12 Å². The van der Waals surface area contributed by atoms with Crippen LogP contribution in [0.3, 0.4) is 0 Å². The first-order chi connectivity index (χ1) is 9.40. The highest BCUT2D eigenvalue weighted by Gasteiger charge is 2.11. The van der Waals surface area contributed by atoms with Crippen LogP contribution in [0.15, 0.2) is 60.7 Å². The molecule has 0 heterocycles. The molecule has 2 aromatic carbocycles. The maximum absolute atomic E-state index is 4.42. The monoisotopic (exact) mass is 267 g/mol. The molecule has 0 nitrogen and oxygen atoms in total. The molecule has 0 aliphatic rings. The van der Waals surface area contributed by atoms with Crippen molar-refractivity contribution in [2.45, 2.75) is 25.7 Å². The molecule has 0 bridgehead atoms. The Morgan fingerprint density at radius 1 is 0.947 bits per heavy atom. The van der Waals surface area contributed by atoms with Gasteiger partial charge in [0.25, 0.3) is 0 Å². The van der Waals surface area contributed by atoms with Crippen molar-refractivity contribution >= 4 is 16.7 Å². The van der Waals surface area contributed by atoms with Gasteiger partial charge >= 0.3 is 0 Å². The molecule has 0 aliphatic carbocycles. The second-order valence-electron chi connectivity index (χ2n) is 4.37.